The highest BCUT2D eigenvalue weighted by molar-refractivity contribution is 6.01. The molecule has 6 nitrogen and oxygen atoms in total. The van der Waals surface area contributed by atoms with Crippen molar-refractivity contribution in [1.29, 1.82) is 0 Å². The fraction of sp³-hybridized carbons (Fsp3) is 0.500. The van der Waals surface area contributed by atoms with Crippen molar-refractivity contribution in [3.8, 4) is 5.75 Å². The van der Waals surface area contributed by atoms with E-state index in [0.29, 0.717) is 36.8 Å². The third kappa shape index (κ3) is 4.40. The zero-order valence-electron chi connectivity index (χ0n) is 12.1. The molecule has 0 radical (unpaired) electrons. The number of hydrogen-bond acceptors (Lipinski definition) is 5. The molecule has 1 atom stereocenters. The zero-order chi connectivity index (χ0) is 15.0. The molecular formula is C14H22N2O4. The zero-order valence-corrected chi connectivity index (χ0v) is 12.1. The maximum Gasteiger partial charge on any atom is 0.257 e. The quantitative estimate of drug-likeness (QED) is 0.697. The molecule has 1 aromatic rings. The third-order valence-electron chi connectivity index (χ3n) is 2.76. The minimum absolute atomic E-state index is 0.204. The minimum Gasteiger partial charge on any atom is -0.493 e. The summed E-state index contributed by atoms with van der Waals surface area (Å²) in [4.78, 5) is 12.2. The van der Waals surface area contributed by atoms with E-state index >= 15 is 0 Å². The fourth-order valence-corrected chi connectivity index (χ4v) is 1.76. The number of amides is 1. The van der Waals surface area contributed by atoms with Gasteiger partial charge in [-0.1, -0.05) is 6.07 Å². The molecule has 0 heterocycles. The molecule has 20 heavy (non-hydrogen) atoms. The molecule has 0 saturated heterocycles. The smallest absolute Gasteiger partial charge is 0.257 e. The van der Waals surface area contributed by atoms with Crippen LogP contribution in [0.1, 0.15) is 17.3 Å². The number of nitrogens with two attached hydrogens (primary N) is 1. The summed E-state index contributed by atoms with van der Waals surface area (Å²) in [5, 5.41) is 2.77. The Hall–Kier alpha value is -1.79. The van der Waals surface area contributed by atoms with Crippen molar-refractivity contribution in [2.75, 3.05) is 39.7 Å². The van der Waals surface area contributed by atoms with E-state index in [2.05, 4.69) is 5.32 Å². The van der Waals surface area contributed by atoms with Gasteiger partial charge in [0.15, 0.2) is 0 Å². The topological polar surface area (TPSA) is 82.8 Å². The Labute approximate surface area is 119 Å². The number of carbonyl (C=O) groups excluding carboxylic acids is 1. The van der Waals surface area contributed by atoms with Crippen LogP contribution >= 0.6 is 0 Å². The number of hydrogen-bond donors (Lipinski definition) is 2. The lowest BCUT2D eigenvalue weighted by molar-refractivity contribution is 0.0285. The van der Waals surface area contributed by atoms with Crippen LogP contribution in [0.15, 0.2) is 18.2 Å². The predicted molar refractivity (Wildman–Crippen MR) is 77.0 cm³/mol. The van der Waals surface area contributed by atoms with Crippen LogP contribution in [0.3, 0.4) is 0 Å². The number of benzene rings is 1. The predicted octanol–water partition coefficient (Wildman–Crippen LogP) is 1.06. The van der Waals surface area contributed by atoms with Crippen LogP contribution in [0.25, 0.3) is 0 Å². The van der Waals surface area contributed by atoms with Crippen LogP contribution in [0, 0.1) is 0 Å². The Morgan fingerprint density at radius 3 is 2.75 bits per heavy atom. The van der Waals surface area contributed by atoms with Gasteiger partial charge in [0, 0.05) is 26.5 Å². The van der Waals surface area contributed by atoms with E-state index in [1.807, 2.05) is 6.92 Å². The third-order valence-corrected chi connectivity index (χ3v) is 2.76. The number of carbonyl (C=O) groups is 1. The van der Waals surface area contributed by atoms with Gasteiger partial charge in [0.1, 0.15) is 11.3 Å². The lowest BCUT2D eigenvalue weighted by Gasteiger charge is -2.17. The van der Waals surface area contributed by atoms with Crippen molar-refractivity contribution < 1.29 is 19.0 Å². The van der Waals surface area contributed by atoms with Gasteiger partial charge in [0.25, 0.3) is 5.91 Å². The highest BCUT2D eigenvalue weighted by Crippen LogP contribution is 2.24. The molecule has 0 aliphatic heterocycles. The SMILES string of the molecule is CCOc1cccc(N)c1C(=O)NCC(COC)OC. The van der Waals surface area contributed by atoms with E-state index in [4.69, 9.17) is 19.9 Å². The lowest BCUT2D eigenvalue weighted by Crippen LogP contribution is -2.36. The van der Waals surface area contributed by atoms with Crippen molar-refractivity contribution in [3.05, 3.63) is 23.8 Å². The Bertz CT molecular complexity index is 437. The molecule has 6 heteroatoms. The molecule has 0 fully saturated rings. The van der Waals surface area contributed by atoms with E-state index in [1.54, 1.807) is 32.4 Å². The van der Waals surface area contributed by atoms with Gasteiger partial charge in [-0.05, 0) is 19.1 Å². The van der Waals surface area contributed by atoms with Gasteiger partial charge in [-0.25, -0.2) is 0 Å². The summed E-state index contributed by atoms with van der Waals surface area (Å²) in [6.45, 7) is 3.06. The first-order chi connectivity index (χ1) is 9.63. The summed E-state index contributed by atoms with van der Waals surface area (Å²) in [5.74, 6) is 0.190. The first kappa shape index (κ1) is 16.3. The van der Waals surface area contributed by atoms with E-state index in [1.165, 1.54) is 0 Å². The Morgan fingerprint density at radius 2 is 2.15 bits per heavy atom. The first-order valence-electron chi connectivity index (χ1n) is 6.45. The first-order valence-corrected chi connectivity index (χ1v) is 6.45. The fourth-order valence-electron chi connectivity index (χ4n) is 1.76. The van der Waals surface area contributed by atoms with Crippen LogP contribution in [0.5, 0.6) is 5.75 Å². The second kappa shape index (κ2) is 8.39. The Morgan fingerprint density at radius 1 is 1.40 bits per heavy atom. The minimum atomic E-state index is -0.287. The van der Waals surface area contributed by atoms with E-state index < -0.39 is 0 Å². The summed E-state index contributed by atoms with van der Waals surface area (Å²) in [6, 6.07) is 5.14. The number of anilines is 1. The van der Waals surface area contributed by atoms with Crippen molar-refractivity contribution >= 4 is 11.6 Å². The van der Waals surface area contributed by atoms with Crippen LogP contribution in [-0.4, -0.2) is 46.0 Å². The molecule has 0 bridgehead atoms. The van der Waals surface area contributed by atoms with Gasteiger partial charge in [0.2, 0.25) is 0 Å². The highest BCUT2D eigenvalue weighted by atomic mass is 16.5. The highest BCUT2D eigenvalue weighted by Gasteiger charge is 2.17. The number of nitrogen functional groups attached to an aromatic ring is 1. The maximum atomic E-state index is 12.2. The normalized spacial score (nSPS) is 11.9. The summed E-state index contributed by atoms with van der Waals surface area (Å²) >= 11 is 0. The standard InChI is InChI=1S/C14H22N2O4/c1-4-20-12-7-5-6-11(15)13(12)14(17)16-8-10(19-3)9-18-2/h5-7,10H,4,8-9,15H2,1-3H3,(H,16,17). The van der Waals surface area contributed by atoms with Crippen LogP contribution in [-0.2, 0) is 9.47 Å². The summed E-state index contributed by atoms with van der Waals surface area (Å²) in [7, 11) is 3.15. The second-order valence-electron chi connectivity index (χ2n) is 4.18. The van der Waals surface area contributed by atoms with Crippen LogP contribution in [0.2, 0.25) is 0 Å². The molecule has 1 amide bonds. The summed E-state index contributed by atoms with van der Waals surface area (Å²) < 4.78 is 15.6. The maximum absolute atomic E-state index is 12.2. The van der Waals surface area contributed by atoms with Crippen LogP contribution in [0.4, 0.5) is 5.69 Å². The summed E-state index contributed by atoms with van der Waals surface area (Å²) in [5.41, 5.74) is 6.59. The van der Waals surface area contributed by atoms with Crippen LogP contribution < -0.4 is 15.8 Å². The van der Waals surface area contributed by atoms with Gasteiger partial charge >= 0.3 is 0 Å². The molecule has 1 aromatic carbocycles. The average Bonchev–Trinajstić information content (AvgIpc) is 2.43. The molecule has 0 aromatic heterocycles. The van der Waals surface area contributed by atoms with Gasteiger partial charge < -0.3 is 25.3 Å². The molecule has 0 saturated carbocycles. The van der Waals surface area contributed by atoms with E-state index in [-0.39, 0.29) is 12.0 Å². The lowest BCUT2D eigenvalue weighted by atomic mass is 10.1. The molecule has 0 aliphatic rings. The molecule has 0 spiro atoms. The number of nitrogens with one attached hydrogen (secondary N) is 1. The number of methoxy groups -OCH3 is 2. The molecule has 3 N–H and O–H groups in total. The monoisotopic (exact) mass is 282 g/mol. The number of rotatable bonds is 8. The van der Waals surface area contributed by atoms with Crippen molar-refractivity contribution in [2.45, 2.75) is 13.0 Å². The molecule has 1 rings (SSSR count). The average molecular weight is 282 g/mol. The largest absolute Gasteiger partial charge is 0.493 e. The summed E-state index contributed by atoms with van der Waals surface area (Å²) in [6.07, 6.45) is -0.204. The van der Waals surface area contributed by atoms with E-state index in [0.717, 1.165) is 0 Å². The molecule has 1 unspecified atom stereocenters. The van der Waals surface area contributed by atoms with Crippen molar-refractivity contribution in [2.24, 2.45) is 0 Å². The Balaban J connectivity index is 2.76. The molecule has 0 aliphatic carbocycles. The van der Waals surface area contributed by atoms with Gasteiger partial charge in [0.05, 0.1) is 19.3 Å². The van der Waals surface area contributed by atoms with Gasteiger partial charge in [-0.2, -0.15) is 0 Å². The van der Waals surface area contributed by atoms with E-state index in [9.17, 15) is 4.79 Å². The van der Waals surface area contributed by atoms with Crippen molar-refractivity contribution in [1.82, 2.24) is 5.32 Å². The second-order valence-corrected chi connectivity index (χ2v) is 4.18. The molecular weight excluding hydrogens is 260 g/mol. The Kier molecular flexibility index (Phi) is 6.83. The molecule has 112 valence electrons. The van der Waals surface area contributed by atoms with Gasteiger partial charge in [-0.15, -0.1) is 0 Å². The van der Waals surface area contributed by atoms with Crippen molar-refractivity contribution in [3.63, 3.8) is 0 Å². The van der Waals surface area contributed by atoms with Gasteiger partial charge in [-0.3, -0.25) is 4.79 Å². The number of ether oxygens (including phenoxy) is 3.